The van der Waals surface area contributed by atoms with Gasteiger partial charge in [-0.25, -0.2) is 13.6 Å². The molecule has 8 heteroatoms. The van der Waals surface area contributed by atoms with Crippen LogP contribution in [0.3, 0.4) is 0 Å². The van der Waals surface area contributed by atoms with E-state index in [0.717, 1.165) is 5.56 Å². The first kappa shape index (κ1) is 17.4. The Hall–Kier alpha value is -1.62. The van der Waals surface area contributed by atoms with Gasteiger partial charge in [0.05, 0.1) is 17.4 Å². The molecule has 0 fully saturated rings. The summed E-state index contributed by atoms with van der Waals surface area (Å²) in [5, 5.41) is 13.6. The number of hydrogen-bond acceptors (Lipinski definition) is 4. The molecule has 114 valence electrons. The van der Waals surface area contributed by atoms with Gasteiger partial charge in [0.1, 0.15) is 5.88 Å². The average molecular weight is 330 g/mol. The number of nitrogens with two attached hydrogens (primary N) is 1. The summed E-state index contributed by atoms with van der Waals surface area (Å²) in [5.74, 6) is -0.358. The predicted octanol–water partition coefficient (Wildman–Crippen LogP) is 0.858. The zero-order chi connectivity index (χ0) is 15.9. The van der Waals surface area contributed by atoms with E-state index in [1.165, 1.54) is 17.0 Å². The maximum absolute atomic E-state index is 11.6. The number of alkyl halides is 1. The Balaban J connectivity index is 2.67. The van der Waals surface area contributed by atoms with Crippen LogP contribution in [0.25, 0.3) is 0 Å². The first-order chi connectivity index (χ1) is 9.88. The number of rotatable bonds is 7. The molecule has 0 spiro atoms. The maximum Gasteiger partial charge on any atom is 0.238 e. The summed E-state index contributed by atoms with van der Waals surface area (Å²) in [5.41, 5.74) is 0.867. The number of hydrogen-bond donors (Lipinski definition) is 1. The zero-order valence-electron chi connectivity index (χ0n) is 11.3. The molecule has 0 aliphatic rings. The smallest absolute Gasteiger partial charge is 0.238 e. The molecule has 2 N–H and O–H groups in total. The topological polar surface area (TPSA) is 104 Å². The minimum absolute atomic E-state index is 0.0458. The molecule has 0 unspecified atom stereocenters. The maximum atomic E-state index is 11.6. The quantitative estimate of drug-likeness (QED) is 0.749. The van der Waals surface area contributed by atoms with E-state index in [9.17, 15) is 13.2 Å². The monoisotopic (exact) mass is 329 g/mol. The molecule has 0 radical (unpaired) electrons. The first-order valence-electron chi connectivity index (χ1n) is 6.21. The van der Waals surface area contributed by atoms with Crippen molar-refractivity contribution in [2.24, 2.45) is 5.14 Å². The summed E-state index contributed by atoms with van der Waals surface area (Å²) in [6.45, 7) is 0.749. The summed E-state index contributed by atoms with van der Waals surface area (Å²) in [6.07, 6.45) is 0.784. The number of amides is 1. The number of nitrogens with zero attached hydrogens (tertiary/aromatic N) is 2. The fourth-order valence-corrected chi connectivity index (χ4v) is 2.43. The molecule has 0 saturated carbocycles. The molecule has 0 aliphatic heterocycles. The second kappa shape index (κ2) is 7.98. The van der Waals surface area contributed by atoms with Crippen LogP contribution in [0.2, 0.25) is 0 Å². The van der Waals surface area contributed by atoms with E-state index in [1.807, 2.05) is 6.07 Å². The van der Waals surface area contributed by atoms with Gasteiger partial charge < -0.3 is 4.90 Å². The molecule has 1 aromatic rings. The number of sulfonamides is 1. The van der Waals surface area contributed by atoms with Gasteiger partial charge in [-0.15, -0.1) is 11.6 Å². The summed E-state index contributed by atoms with van der Waals surface area (Å²) in [6, 6.07) is 8.12. The Bertz CT molecular complexity index is 623. The lowest BCUT2D eigenvalue weighted by atomic mass is 10.1. The Labute approximate surface area is 129 Å². The highest BCUT2D eigenvalue weighted by Gasteiger charge is 2.12. The molecular weight excluding hydrogens is 314 g/mol. The SMILES string of the molecule is N#CCCN(CCc1ccc(S(N)(=O)=O)cc1)C(=O)CCl. The van der Waals surface area contributed by atoms with Crippen LogP contribution >= 0.6 is 11.6 Å². The van der Waals surface area contributed by atoms with Gasteiger partial charge in [-0.1, -0.05) is 12.1 Å². The van der Waals surface area contributed by atoms with E-state index in [0.29, 0.717) is 19.5 Å². The van der Waals surface area contributed by atoms with E-state index in [4.69, 9.17) is 22.0 Å². The van der Waals surface area contributed by atoms with E-state index in [1.54, 1.807) is 12.1 Å². The van der Waals surface area contributed by atoms with Gasteiger partial charge in [-0.2, -0.15) is 5.26 Å². The molecule has 0 atom stereocenters. The normalized spacial score (nSPS) is 10.9. The highest BCUT2D eigenvalue weighted by molar-refractivity contribution is 7.89. The van der Waals surface area contributed by atoms with Gasteiger partial charge in [-0.05, 0) is 24.1 Å². The van der Waals surface area contributed by atoms with Crippen molar-refractivity contribution in [2.75, 3.05) is 19.0 Å². The first-order valence-corrected chi connectivity index (χ1v) is 8.29. The van der Waals surface area contributed by atoms with Crippen molar-refractivity contribution in [1.82, 2.24) is 4.90 Å². The number of primary sulfonamides is 1. The standard InChI is InChI=1S/C13H16ClN3O3S/c14-10-13(18)17(8-1-7-15)9-6-11-2-4-12(5-3-11)21(16,19)20/h2-5H,1,6,8-10H2,(H2,16,19,20). The van der Waals surface area contributed by atoms with Crippen molar-refractivity contribution in [3.8, 4) is 6.07 Å². The number of halogens is 1. The number of benzene rings is 1. The van der Waals surface area contributed by atoms with Crippen molar-refractivity contribution in [2.45, 2.75) is 17.7 Å². The summed E-state index contributed by atoms with van der Waals surface area (Å²) >= 11 is 5.52. The van der Waals surface area contributed by atoms with Crippen molar-refractivity contribution >= 4 is 27.5 Å². The van der Waals surface area contributed by atoms with Crippen LogP contribution in [0, 0.1) is 11.3 Å². The van der Waals surface area contributed by atoms with Crippen molar-refractivity contribution < 1.29 is 13.2 Å². The highest BCUT2D eigenvalue weighted by atomic mass is 35.5. The predicted molar refractivity (Wildman–Crippen MR) is 79.0 cm³/mol. The third-order valence-corrected chi connectivity index (χ3v) is 4.04. The van der Waals surface area contributed by atoms with Gasteiger partial charge in [0.15, 0.2) is 0 Å². The van der Waals surface area contributed by atoms with Crippen LogP contribution in [0.1, 0.15) is 12.0 Å². The third kappa shape index (κ3) is 5.71. The Morgan fingerprint density at radius 1 is 1.29 bits per heavy atom. The molecule has 21 heavy (non-hydrogen) atoms. The highest BCUT2D eigenvalue weighted by Crippen LogP contribution is 2.10. The van der Waals surface area contributed by atoms with Crippen LogP contribution in [-0.2, 0) is 21.2 Å². The number of nitriles is 1. The zero-order valence-corrected chi connectivity index (χ0v) is 12.9. The van der Waals surface area contributed by atoms with Crippen LogP contribution < -0.4 is 5.14 Å². The molecule has 0 heterocycles. The minimum atomic E-state index is -3.70. The number of carbonyl (C=O) groups is 1. The van der Waals surface area contributed by atoms with Gasteiger partial charge in [0, 0.05) is 13.1 Å². The van der Waals surface area contributed by atoms with Crippen LogP contribution in [-0.4, -0.2) is 38.2 Å². The second-order valence-electron chi connectivity index (χ2n) is 4.36. The molecular formula is C13H16ClN3O3S. The summed E-state index contributed by atoms with van der Waals surface area (Å²) in [7, 11) is -3.70. The molecule has 0 aromatic heterocycles. The summed E-state index contributed by atoms with van der Waals surface area (Å²) < 4.78 is 22.3. The molecule has 1 aromatic carbocycles. The van der Waals surface area contributed by atoms with Crippen LogP contribution in [0.15, 0.2) is 29.2 Å². The lowest BCUT2D eigenvalue weighted by molar-refractivity contribution is -0.128. The van der Waals surface area contributed by atoms with Crippen LogP contribution in [0.4, 0.5) is 0 Å². The summed E-state index contributed by atoms with van der Waals surface area (Å²) in [4.78, 5) is 13.2. The Morgan fingerprint density at radius 3 is 2.38 bits per heavy atom. The fraction of sp³-hybridized carbons (Fsp3) is 0.385. The fourth-order valence-electron chi connectivity index (χ4n) is 1.74. The molecule has 0 bridgehead atoms. The number of carbonyl (C=O) groups excluding carboxylic acids is 1. The molecule has 0 aliphatic carbocycles. The van der Waals surface area contributed by atoms with Gasteiger partial charge >= 0.3 is 0 Å². The third-order valence-electron chi connectivity index (χ3n) is 2.88. The van der Waals surface area contributed by atoms with E-state index < -0.39 is 10.0 Å². The van der Waals surface area contributed by atoms with Crippen molar-refractivity contribution in [3.05, 3.63) is 29.8 Å². The van der Waals surface area contributed by atoms with Gasteiger partial charge in [-0.3, -0.25) is 4.79 Å². The molecule has 0 saturated heterocycles. The molecule has 1 amide bonds. The lowest BCUT2D eigenvalue weighted by Gasteiger charge is -2.20. The Kier molecular flexibility index (Phi) is 6.62. The second-order valence-corrected chi connectivity index (χ2v) is 6.19. The average Bonchev–Trinajstić information content (AvgIpc) is 2.46. The van der Waals surface area contributed by atoms with Gasteiger partial charge in [0.2, 0.25) is 15.9 Å². The van der Waals surface area contributed by atoms with Crippen molar-refractivity contribution in [3.63, 3.8) is 0 Å². The molecule has 1 rings (SSSR count). The van der Waals surface area contributed by atoms with Gasteiger partial charge in [0.25, 0.3) is 0 Å². The van der Waals surface area contributed by atoms with E-state index >= 15 is 0 Å². The van der Waals surface area contributed by atoms with E-state index in [-0.39, 0.29) is 23.1 Å². The lowest BCUT2D eigenvalue weighted by Crippen LogP contribution is -2.34. The van der Waals surface area contributed by atoms with E-state index in [2.05, 4.69) is 0 Å². The Morgan fingerprint density at radius 2 is 1.90 bits per heavy atom. The van der Waals surface area contributed by atoms with Crippen molar-refractivity contribution in [1.29, 1.82) is 5.26 Å². The largest absolute Gasteiger partial charge is 0.340 e. The minimum Gasteiger partial charge on any atom is -0.340 e. The van der Waals surface area contributed by atoms with Crippen LogP contribution in [0.5, 0.6) is 0 Å². The molecule has 6 nitrogen and oxygen atoms in total.